The molecule has 0 aliphatic carbocycles. The highest BCUT2D eigenvalue weighted by molar-refractivity contribution is 7.89. The normalized spacial score (nSPS) is 18.1. The molecule has 31 heavy (non-hydrogen) atoms. The molecule has 2 aliphatic heterocycles. The van der Waals surface area contributed by atoms with Crippen LogP contribution in [0.15, 0.2) is 29.2 Å². The van der Waals surface area contributed by atoms with Gasteiger partial charge in [0.2, 0.25) is 27.8 Å². The van der Waals surface area contributed by atoms with E-state index >= 15 is 0 Å². The minimum atomic E-state index is -3.51. The van der Waals surface area contributed by atoms with Crippen LogP contribution < -0.4 is 10.2 Å². The Morgan fingerprint density at radius 2 is 1.77 bits per heavy atom. The van der Waals surface area contributed by atoms with Crippen molar-refractivity contribution in [1.29, 1.82) is 0 Å². The van der Waals surface area contributed by atoms with Gasteiger partial charge in [-0.3, -0.25) is 10.1 Å². The van der Waals surface area contributed by atoms with Crippen molar-refractivity contribution >= 4 is 27.8 Å². The van der Waals surface area contributed by atoms with Crippen molar-refractivity contribution in [3.05, 3.63) is 29.8 Å². The number of benzene rings is 1. The molecule has 4 rings (SSSR count). The molecule has 0 radical (unpaired) electrons. The molecule has 11 heteroatoms. The summed E-state index contributed by atoms with van der Waals surface area (Å²) in [6.45, 7) is 3.43. The number of rotatable bonds is 7. The lowest BCUT2D eigenvalue weighted by atomic mass is 10.1. The van der Waals surface area contributed by atoms with Crippen LogP contribution >= 0.6 is 0 Å². The molecule has 1 aromatic heterocycles. The zero-order valence-corrected chi connectivity index (χ0v) is 18.2. The van der Waals surface area contributed by atoms with Gasteiger partial charge in [0.25, 0.3) is 0 Å². The molecule has 0 spiro atoms. The fourth-order valence-electron chi connectivity index (χ4n) is 3.76. The van der Waals surface area contributed by atoms with Crippen LogP contribution in [0.1, 0.15) is 31.2 Å². The van der Waals surface area contributed by atoms with Crippen molar-refractivity contribution < 1.29 is 17.9 Å². The van der Waals surface area contributed by atoms with Crippen LogP contribution in [0, 0.1) is 0 Å². The van der Waals surface area contributed by atoms with Crippen LogP contribution in [0.5, 0.6) is 0 Å². The van der Waals surface area contributed by atoms with E-state index in [4.69, 9.17) is 4.74 Å². The van der Waals surface area contributed by atoms with E-state index in [2.05, 4.69) is 25.4 Å². The first kappa shape index (κ1) is 21.7. The summed E-state index contributed by atoms with van der Waals surface area (Å²) in [6.07, 6.45) is 4.24. The maximum absolute atomic E-state index is 12.7. The number of anilines is 2. The number of aromatic nitrogens is 3. The van der Waals surface area contributed by atoms with Gasteiger partial charge in [0.05, 0.1) is 18.1 Å². The highest BCUT2D eigenvalue weighted by Crippen LogP contribution is 2.19. The second kappa shape index (κ2) is 9.75. The third kappa shape index (κ3) is 5.41. The molecule has 2 N–H and O–H groups in total. The van der Waals surface area contributed by atoms with Gasteiger partial charge in [-0.15, -0.1) is 5.10 Å². The van der Waals surface area contributed by atoms with Crippen molar-refractivity contribution in [3.8, 4) is 0 Å². The van der Waals surface area contributed by atoms with Gasteiger partial charge in [-0.1, -0.05) is 12.1 Å². The van der Waals surface area contributed by atoms with E-state index in [1.54, 1.807) is 24.3 Å². The van der Waals surface area contributed by atoms with Gasteiger partial charge in [0, 0.05) is 32.6 Å². The summed E-state index contributed by atoms with van der Waals surface area (Å²) in [6, 6.07) is 6.70. The Labute approximate surface area is 182 Å². The lowest BCUT2D eigenvalue weighted by Crippen LogP contribution is -2.40. The standard InChI is InChI=1S/C20H28N6O4S/c27-18(21-19-22-20(24-23-19)25-10-2-1-3-11-25)9-6-16-4-7-17(8-5-16)31(28,29)26-12-14-30-15-13-26/h4-5,7-8H,1-3,6,9-15H2,(H2,21,22,23,24,27). The number of amides is 1. The summed E-state index contributed by atoms with van der Waals surface area (Å²) >= 11 is 0. The lowest BCUT2D eigenvalue weighted by molar-refractivity contribution is -0.116. The molecule has 1 amide bonds. The molecule has 0 saturated carbocycles. The molecule has 2 saturated heterocycles. The van der Waals surface area contributed by atoms with Crippen molar-refractivity contribution in [2.45, 2.75) is 37.0 Å². The van der Waals surface area contributed by atoms with Crippen LogP contribution in [0.3, 0.4) is 0 Å². The third-order valence-corrected chi connectivity index (χ3v) is 7.46. The number of nitrogens with one attached hydrogen (secondary N) is 2. The molecular weight excluding hydrogens is 420 g/mol. The molecule has 0 unspecified atom stereocenters. The molecular formula is C20H28N6O4S. The van der Waals surface area contributed by atoms with Crippen LogP contribution in [0.4, 0.5) is 11.9 Å². The van der Waals surface area contributed by atoms with Crippen molar-refractivity contribution in [2.24, 2.45) is 0 Å². The topological polar surface area (TPSA) is 121 Å². The number of aromatic amines is 1. The summed E-state index contributed by atoms with van der Waals surface area (Å²) in [5.41, 5.74) is 0.891. The van der Waals surface area contributed by atoms with E-state index < -0.39 is 10.0 Å². The van der Waals surface area contributed by atoms with Gasteiger partial charge in [0.1, 0.15) is 0 Å². The van der Waals surface area contributed by atoms with E-state index in [-0.39, 0.29) is 17.2 Å². The number of morpholine rings is 1. The number of hydrogen-bond donors (Lipinski definition) is 2. The second-order valence-corrected chi connectivity index (χ2v) is 9.68. The molecule has 2 aromatic rings. The molecule has 0 atom stereocenters. The molecule has 0 bridgehead atoms. The third-order valence-electron chi connectivity index (χ3n) is 5.54. The second-order valence-electron chi connectivity index (χ2n) is 7.74. The smallest absolute Gasteiger partial charge is 0.246 e. The molecule has 2 aliphatic rings. The molecule has 168 valence electrons. The fraction of sp³-hybridized carbons (Fsp3) is 0.550. The van der Waals surface area contributed by atoms with Crippen molar-refractivity contribution in [2.75, 3.05) is 49.6 Å². The zero-order valence-electron chi connectivity index (χ0n) is 17.4. The minimum Gasteiger partial charge on any atom is -0.379 e. The first-order chi connectivity index (χ1) is 15.0. The number of hydrogen-bond acceptors (Lipinski definition) is 7. The Morgan fingerprint density at radius 3 is 2.48 bits per heavy atom. The number of aryl methyl sites for hydroxylation is 1. The number of sulfonamides is 1. The Hall–Kier alpha value is -2.50. The molecule has 3 heterocycles. The average molecular weight is 449 g/mol. The predicted octanol–water partition coefficient (Wildman–Crippen LogP) is 1.39. The largest absolute Gasteiger partial charge is 0.379 e. The van der Waals surface area contributed by atoms with E-state index in [9.17, 15) is 13.2 Å². The highest BCUT2D eigenvalue weighted by Gasteiger charge is 2.26. The maximum atomic E-state index is 12.7. The van der Waals surface area contributed by atoms with Gasteiger partial charge >= 0.3 is 0 Å². The lowest BCUT2D eigenvalue weighted by Gasteiger charge is -2.26. The van der Waals surface area contributed by atoms with E-state index in [0.29, 0.717) is 44.6 Å². The molecule has 1 aromatic carbocycles. The van der Waals surface area contributed by atoms with Crippen molar-refractivity contribution in [1.82, 2.24) is 19.5 Å². The van der Waals surface area contributed by atoms with Gasteiger partial charge in [-0.05, 0) is 43.4 Å². The van der Waals surface area contributed by atoms with Crippen LogP contribution in [0.25, 0.3) is 0 Å². The van der Waals surface area contributed by atoms with E-state index in [1.165, 1.54) is 10.7 Å². The number of piperidine rings is 1. The Morgan fingerprint density at radius 1 is 1.06 bits per heavy atom. The van der Waals surface area contributed by atoms with Gasteiger partial charge in [-0.2, -0.15) is 9.29 Å². The number of nitrogens with zero attached hydrogens (tertiary/aromatic N) is 4. The fourth-order valence-corrected chi connectivity index (χ4v) is 5.17. The predicted molar refractivity (Wildman–Crippen MR) is 115 cm³/mol. The number of H-pyrrole nitrogens is 1. The minimum absolute atomic E-state index is 0.175. The summed E-state index contributed by atoms with van der Waals surface area (Å²) in [5.74, 6) is 0.788. The number of carbonyl (C=O) groups is 1. The maximum Gasteiger partial charge on any atom is 0.246 e. The average Bonchev–Trinajstić information content (AvgIpc) is 3.27. The Balaban J connectivity index is 1.28. The summed E-state index contributed by atoms with van der Waals surface area (Å²) in [7, 11) is -3.51. The van der Waals surface area contributed by atoms with Crippen LogP contribution in [0.2, 0.25) is 0 Å². The van der Waals surface area contributed by atoms with Gasteiger partial charge in [-0.25, -0.2) is 13.5 Å². The van der Waals surface area contributed by atoms with Crippen LogP contribution in [-0.2, 0) is 26.0 Å². The van der Waals surface area contributed by atoms with Gasteiger partial charge in [0.15, 0.2) is 0 Å². The number of carbonyl (C=O) groups excluding carboxylic acids is 1. The molecule has 10 nitrogen and oxygen atoms in total. The monoisotopic (exact) mass is 448 g/mol. The Kier molecular flexibility index (Phi) is 6.83. The quantitative estimate of drug-likeness (QED) is 0.657. The summed E-state index contributed by atoms with van der Waals surface area (Å²) < 4.78 is 32.0. The van der Waals surface area contributed by atoms with E-state index in [0.717, 1.165) is 31.5 Å². The first-order valence-electron chi connectivity index (χ1n) is 10.7. The SMILES string of the molecule is O=C(CCc1ccc(S(=O)(=O)N2CCOCC2)cc1)Nc1nc(N2CCCCC2)n[nH]1. The van der Waals surface area contributed by atoms with Crippen molar-refractivity contribution in [3.63, 3.8) is 0 Å². The van der Waals surface area contributed by atoms with E-state index in [1.807, 2.05) is 0 Å². The number of ether oxygens (including phenoxy) is 1. The highest BCUT2D eigenvalue weighted by atomic mass is 32.2. The summed E-state index contributed by atoms with van der Waals surface area (Å²) in [5, 5.41) is 9.70. The van der Waals surface area contributed by atoms with Crippen LogP contribution in [-0.4, -0.2) is 73.2 Å². The zero-order chi connectivity index (χ0) is 21.7. The summed E-state index contributed by atoms with van der Waals surface area (Å²) in [4.78, 5) is 19.0. The Bertz CT molecular complexity index is 979. The van der Waals surface area contributed by atoms with Gasteiger partial charge < -0.3 is 9.64 Å². The molecule has 2 fully saturated rings. The first-order valence-corrected chi connectivity index (χ1v) is 12.1.